The number of aliphatic carboxylic acids is 1. The Bertz CT molecular complexity index is 1010. The van der Waals surface area contributed by atoms with E-state index in [1.54, 1.807) is 0 Å². The van der Waals surface area contributed by atoms with Gasteiger partial charge in [0.2, 0.25) is 0 Å². The van der Waals surface area contributed by atoms with Gasteiger partial charge in [-0.05, 0) is 28.7 Å². The van der Waals surface area contributed by atoms with E-state index < -0.39 is 36.7 Å². The van der Waals surface area contributed by atoms with Gasteiger partial charge in [-0.2, -0.15) is 0 Å². The summed E-state index contributed by atoms with van der Waals surface area (Å²) in [4.78, 5) is 37.9. The number of carboxylic acids is 1. The van der Waals surface area contributed by atoms with Crippen LogP contribution in [0.2, 0.25) is 0 Å². The number of carbonyl (C=O) groups excluding carboxylic acids is 2. The number of ether oxygens (including phenoxy) is 3. The van der Waals surface area contributed by atoms with E-state index in [1.807, 2.05) is 36.4 Å². The standard InChI is InChI=1S/C25H28N2O7/c1-32-13-11-27(14-22(28)29)24(30)23-21(10-12-33-23)26-25(31)34-15-20-18-8-4-2-6-16(18)17-7-3-5-9-19(17)20/h2-9,20-21,23H,10-15H2,1H3,(H,26,31)(H,28,29)/t21-,23+/m1/s1. The van der Waals surface area contributed by atoms with Crippen molar-refractivity contribution in [3.8, 4) is 11.1 Å². The molecule has 1 fully saturated rings. The number of alkyl carbamates (subject to hydrolysis) is 1. The van der Waals surface area contributed by atoms with Gasteiger partial charge in [0.1, 0.15) is 13.2 Å². The van der Waals surface area contributed by atoms with Crippen molar-refractivity contribution in [2.24, 2.45) is 0 Å². The molecule has 0 unspecified atom stereocenters. The molecule has 0 saturated carbocycles. The van der Waals surface area contributed by atoms with E-state index in [0.29, 0.717) is 6.42 Å². The smallest absolute Gasteiger partial charge is 0.407 e. The van der Waals surface area contributed by atoms with E-state index >= 15 is 0 Å². The lowest BCUT2D eigenvalue weighted by molar-refractivity contribution is -0.150. The zero-order valence-corrected chi connectivity index (χ0v) is 18.9. The molecule has 4 rings (SSSR count). The van der Waals surface area contributed by atoms with Crippen LogP contribution in [-0.2, 0) is 23.8 Å². The number of fused-ring (bicyclic) bond motifs is 3. The Morgan fingerprint density at radius 2 is 1.74 bits per heavy atom. The topological polar surface area (TPSA) is 114 Å². The second-order valence-corrected chi connectivity index (χ2v) is 8.30. The number of nitrogens with zero attached hydrogens (tertiary/aromatic N) is 1. The summed E-state index contributed by atoms with van der Waals surface area (Å²) in [5.41, 5.74) is 4.49. The number of carbonyl (C=O) groups is 3. The van der Waals surface area contributed by atoms with E-state index in [4.69, 9.17) is 19.3 Å². The molecular formula is C25H28N2O7. The third-order valence-electron chi connectivity index (χ3n) is 6.19. The molecule has 180 valence electrons. The maximum Gasteiger partial charge on any atom is 0.407 e. The summed E-state index contributed by atoms with van der Waals surface area (Å²) in [6, 6.07) is 15.5. The first-order valence-corrected chi connectivity index (χ1v) is 11.2. The summed E-state index contributed by atoms with van der Waals surface area (Å²) in [7, 11) is 1.47. The van der Waals surface area contributed by atoms with Crippen LogP contribution >= 0.6 is 0 Å². The molecule has 1 saturated heterocycles. The lowest BCUT2D eigenvalue weighted by Gasteiger charge is -2.26. The minimum Gasteiger partial charge on any atom is -0.480 e. The Morgan fingerprint density at radius 1 is 1.09 bits per heavy atom. The number of amides is 2. The predicted molar refractivity (Wildman–Crippen MR) is 122 cm³/mol. The minimum atomic E-state index is -1.14. The summed E-state index contributed by atoms with van der Waals surface area (Å²) in [5.74, 6) is -1.71. The van der Waals surface area contributed by atoms with Gasteiger partial charge in [0.15, 0.2) is 6.10 Å². The van der Waals surface area contributed by atoms with Crippen molar-refractivity contribution in [2.75, 3.05) is 40.0 Å². The van der Waals surface area contributed by atoms with Gasteiger partial charge >= 0.3 is 12.1 Å². The third kappa shape index (κ3) is 5.05. The summed E-state index contributed by atoms with van der Waals surface area (Å²) >= 11 is 0. The van der Waals surface area contributed by atoms with E-state index in [-0.39, 0.29) is 32.3 Å². The minimum absolute atomic E-state index is 0.0736. The number of rotatable bonds is 9. The van der Waals surface area contributed by atoms with Crippen molar-refractivity contribution in [1.29, 1.82) is 0 Å². The molecule has 2 aromatic rings. The van der Waals surface area contributed by atoms with Gasteiger partial charge in [-0.25, -0.2) is 4.79 Å². The zero-order chi connectivity index (χ0) is 24.1. The van der Waals surface area contributed by atoms with Crippen LogP contribution in [0.4, 0.5) is 4.79 Å². The number of benzene rings is 2. The summed E-state index contributed by atoms with van der Waals surface area (Å²) in [6.45, 7) is 0.260. The molecule has 9 nitrogen and oxygen atoms in total. The largest absolute Gasteiger partial charge is 0.480 e. The van der Waals surface area contributed by atoms with Crippen LogP contribution in [0, 0.1) is 0 Å². The highest BCUT2D eigenvalue weighted by Crippen LogP contribution is 2.44. The molecule has 2 aliphatic rings. The normalized spacial score (nSPS) is 18.7. The van der Waals surface area contributed by atoms with Crippen molar-refractivity contribution in [3.63, 3.8) is 0 Å². The van der Waals surface area contributed by atoms with Gasteiger partial charge in [0.25, 0.3) is 5.91 Å². The molecule has 1 aliphatic heterocycles. The first-order chi connectivity index (χ1) is 16.5. The van der Waals surface area contributed by atoms with Crippen LogP contribution < -0.4 is 5.32 Å². The second kappa shape index (κ2) is 10.7. The summed E-state index contributed by atoms with van der Waals surface area (Å²) < 4.78 is 16.1. The van der Waals surface area contributed by atoms with Crippen molar-refractivity contribution < 1.29 is 33.7 Å². The molecule has 0 radical (unpaired) electrons. The lowest BCUT2D eigenvalue weighted by atomic mass is 9.98. The third-order valence-corrected chi connectivity index (χ3v) is 6.19. The summed E-state index contributed by atoms with van der Waals surface area (Å²) in [6.07, 6.45) is -1.19. The average Bonchev–Trinajstić information content (AvgIpc) is 3.42. The molecule has 0 bridgehead atoms. The van der Waals surface area contributed by atoms with E-state index in [2.05, 4.69) is 17.4 Å². The van der Waals surface area contributed by atoms with Crippen molar-refractivity contribution >= 4 is 18.0 Å². The SMILES string of the molecule is COCCN(CC(=O)O)C(=O)[C@H]1OCC[C@H]1NC(=O)OCC1c2ccccc2-c2ccccc21. The van der Waals surface area contributed by atoms with Gasteiger partial charge in [0, 0.05) is 26.2 Å². The molecule has 9 heteroatoms. The number of methoxy groups -OCH3 is 1. The molecule has 0 spiro atoms. The van der Waals surface area contributed by atoms with Gasteiger partial charge in [-0.15, -0.1) is 0 Å². The van der Waals surface area contributed by atoms with Gasteiger partial charge in [-0.1, -0.05) is 48.5 Å². The van der Waals surface area contributed by atoms with Crippen LogP contribution in [-0.4, -0.2) is 80.1 Å². The zero-order valence-electron chi connectivity index (χ0n) is 18.9. The number of hydrogen-bond acceptors (Lipinski definition) is 6. The Hall–Kier alpha value is -3.43. The monoisotopic (exact) mass is 468 g/mol. The first-order valence-electron chi connectivity index (χ1n) is 11.2. The van der Waals surface area contributed by atoms with Crippen LogP contribution in [0.25, 0.3) is 11.1 Å². The lowest BCUT2D eigenvalue weighted by Crippen LogP contribution is -2.51. The average molecular weight is 469 g/mol. The summed E-state index contributed by atoms with van der Waals surface area (Å²) in [5, 5.41) is 11.9. The molecule has 34 heavy (non-hydrogen) atoms. The van der Waals surface area contributed by atoms with E-state index in [9.17, 15) is 14.4 Å². The number of carboxylic acid groups (broad SMARTS) is 1. The van der Waals surface area contributed by atoms with Crippen molar-refractivity contribution in [2.45, 2.75) is 24.5 Å². The molecule has 2 amide bonds. The predicted octanol–water partition coefficient (Wildman–Crippen LogP) is 2.24. The van der Waals surface area contributed by atoms with Crippen molar-refractivity contribution in [3.05, 3.63) is 59.7 Å². The molecule has 2 N–H and O–H groups in total. The van der Waals surface area contributed by atoms with Gasteiger partial charge < -0.3 is 29.5 Å². The molecule has 2 aromatic carbocycles. The Morgan fingerprint density at radius 3 is 2.35 bits per heavy atom. The first kappa shape index (κ1) is 23.7. The van der Waals surface area contributed by atoms with Crippen LogP contribution in [0.5, 0.6) is 0 Å². The highest BCUT2D eigenvalue weighted by atomic mass is 16.6. The fourth-order valence-electron chi connectivity index (χ4n) is 4.58. The number of hydrogen-bond donors (Lipinski definition) is 2. The second-order valence-electron chi connectivity index (χ2n) is 8.30. The highest BCUT2D eigenvalue weighted by Gasteiger charge is 2.39. The molecular weight excluding hydrogens is 440 g/mol. The van der Waals surface area contributed by atoms with E-state index in [1.165, 1.54) is 7.11 Å². The molecule has 0 aromatic heterocycles. The number of nitrogens with one attached hydrogen (secondary N) is 1. The Labute approximate surface area is 197 Å². The molecule has 1 aliphatic carbocycles. The Kier molecular flexibility index (Phi) is 7.44. The van der Waals surface area contributed by atoms with Gasteiger partial charge in [-0.3, -0.25) is 9.59 Å². The maximum atomic E-state index is 12.9. The highest BCUT2D eigenvalue weighted by molar-refractivity contribution is 5.86. The van der Waals surface area contributed by atoms with Crippen molar-refractivity contribution in [1.82, 2.24) is 10.2 Å². The molecule has 1 heterocycles. The fraction of sp³-hybridized carbons (Fsp3) is 0.400. The Balaban J connectivity index is 1.38. The van der Waals surface area contributed by atoms with Crippen LogP contribution in [0.1, 0.15) is 23.5 Å². The van der Waals surface area contributed by atoms with Crippen LogP contribution in [0.3, 0.4) is 0 Å². The van der Waals surface area contributed by atoms with E-state index in [0.717, 1.165) is 27.2 Å². The quantitative estimate of drug-likeness (QED) is 0.580. The fourth-order valence-corrected chi connectivity index (χ4v) is 4.58. The van der Waals surface area contributed by atoms with Gasteiger partial charge in [0.05, 0.1) is 12.6 Å². The molecule has 2 atom stereocenters. The van der Waals surface area contributed by atoms with Crippen LogP contribution in [0.15, 0.2) is 48.5 Å². The maximum absolute atomic E-state index is 12.9.